The van der Waals surface area contributed by atoms with Gasteiger partial charge in [0.25, 0.3) is 5.91 Å². The second-order valence-corrected chi connectivity index (χ2v) is 10.2. The van der Waals surface area contributed by atoms with Gasteiger partial charge in [-0.25, -0.2) is 4.39 Å². The van der Waals surface area contributed by atoms with E-state index in [2.05, 4.69) is 10.6 Å². The lowest BCUT2D eigenvalue weighted by Gasteiger charge is -2.10. The third-order valence-corrected chi connectivity index (χ3v) is 6.87. The van der Waals surface area contributed by atoms with Gasteiger partial charge in [-0.2, -0.15) is 0 Å². The van der Waals surface area contributed by atoms with Crippen LogP contribution in [0.2, 0.25) is 15.1 Å². The highest BCUT2D eigenvalue weighted by atomic mass is 35.5. The van der Waals surface area contributed by atoms with Crippen LogP contribution in [0.5, 0.6) is 0 Å². The van der Waals surface area contributed by atoms with Crippen LogP contribution in [-0.2, 0) is 4.79 Å². The second kappa shape index (κ2) is 9.32. The predicted molar refractivity (Wildman–Crippen MR) is 132 cm³/mol. The molecule has 0 heterocycles. The highest BCUT2D eigenvalue weighted by molar-refractivity contribution is 6.53. The van der Waals surface area contributed by atoms with E-state index in [0.717, 1.165) is 0 Å². The normalized spacial score (nSPS) is 18.5. The van der Waals surface area contributed by atoms with E-state index in [1.165, 1.54) is 36.4 Å². The van der Waals surface area contributed by atoms with Crippen molar-refractivity contribution >= 4 is 81.2 Å². The van der Waals surface area contributed by atoms with Gasteiger partial charge in [0.2, 0.25) is 5.91 Å². The van der Waals surface area contributed by atoms with Crippen molar-refractivity contribution in [2.24, 2.45) is 5.92 Å². The molecule has 0 radical (unpaired) electrons. The van der Waals surface area contributed by atoms with Crippen LogP contribution < -0.4 is 10.6 Å². The zero-order valence-corrected chi connectivity index (χ0v) is 20.3. The van der Waals surface area contributed by atoms with Crippen molar-refractivity contribution in [3.8, 4) is 0 Å². The monoisotopic (exact) mass is 544 g/mol. The van der Waals surface area contributed by atoms with Gasteiger partial charge in [-0.15, -0.1) is 23.2 Å². The van der Waals surface area contributed by atoms with Crippen LogP contribution >= 0.6 is 58.0 Å². The average molecular weight is 547 g/mol. The molecule has 0 saturated heterocycles. The maximum atomic E-state index is 13.1. The Bertz CT molecular complexity index is 1230. The molecule has 33 heavy (non-hydrogen) atoms. The van der Waals surface area contributed by atoms with Gasteiger partial charge in [0.15, 0.2) is 0 Å². The average Bonchev–Trinajstić information content (AvgIpc) is 3.32. The number of anilines is 2. The fourth-order valence-electron chi connectivity index (χ4n) is 3.55. The molecule has 1 aliphatic rings. The van der Waals surface area contributed by atoms with E-state index in [-0.39, 0.29) is 10.6 Å². The Balaban J connectivity index is 1.50. The molecule has 10 heteroatoms. The molecule has 2 N–H and O–H groups in total. The van der Waals surface area contributed by atoms with E-state index in [1.54, 1.807) is 24.3 Å². The summed E-state index contributed by atoms with van der Waals surface area (Å²) in [5.41, 5.74) is 1.48. The van der Waals surface area contributed by atoms with Crippen molar-refractivity contribution < 1.29 is 14.0 Å². The van der Waals surface area contributed by atoms with Gasteiger partial charge in [0, 0.05) is 27.3 Å². The fraction of sp³-hybridized carbons (Fsp3) is 0.130. The minimum atomic E-state index is -1.34. The van der Waals surface area contributed by atoms with Crippen molar-refractivity contribution in [1.29, 1.82) is 0 Å². The molecule has 170 valence electrons. The number of carbonyl (C=O) groups excluding carboxylic acids is 2. The van der Waals surface area contributed by atoms with Crippen molar-refractivity contribution in [2.75, 3.05) is 10.6 Å². The van der Waals surface area contributed by atoms with E-state index >= 15 is 0 Å². The van der Waals surface area contributed by atoms with E-state index in [9.17, 15) is 14.0 Å². The quantitative estimate of drug-likeness (QED) is 0.325. The van der Waals surface area contributed by atoms with Gasteiger partial charge >= 0.3 is 0 Å². The predicted octanol–water partition coefficient (Wildman–Crippen LogP) is 7.56. The number of rotatable bonds is 5. The van der Waals surface area contributed by atoms with E-state index < -0.39 is 33.8 Å². The van der Waals surface area contributed by atoms with Gasteiger partial charge in [-0.1, -0.05) is 34.8 Å². The van der Waals surface area contributed by atoms with Gasteiger partial charge in [-0.3, -0.25) is 9.59 Å². The van der Waals surface area contributed by atoms with Crippen LogP contribution in [0.1, 0.15) is 21.8 Å². The van der Waals surface area contributed by atoms with E-state index in [0.29, 0.717) is 27.0 Å². The molecule has 0 aliphatic heterocycles. The number of hydrogen-bond acceptors (Lipinski definition) is 2. The molecule has 2 amide bonds. The third-order valence-electron chi connectivity index (χ3n) is 5.16. The summed E-state index contributed by atoms with van der Waals surface area (Å²) < 4.78 is 11.7. The van der Waals surface area contributed by atoms with Crippen LogP contribution in [0.3, 0.4) is 0 Å². The number of nitrogens with one attached hydrogen (secondary N) is 2. The van der Waals surface area contributed by atoms with Crippen molar-refractivity contribution in [3.63, 3.8) is 0 Å². The summed E-state index contributed by atoms with van der Waals surface area (Å²) in [6.45, 7) is 0. The molecule has 4 rings (SSSR count). The summed E-state index contributed by atoms with van der Waals surface area (Å²) in [5.74, 6) is -2.66. The first kappa shape index (κ1) is 24.1. The molecule has 4 nitrogen and oxygen atoms in total. The van der Waals surface area contributed by atoms with Gasteiger partial charge in [-0.05, 0) is 66.2 Å². The number of amides is 2. The Morgan fingerprint density at radius 3 is 2.06 bits per heavy atom. The summed E-state index contributed by atoms with van der Waals surface area (Å²) in [4.78, 5) is 25.6. The molecule has 3 aromatic carbocycles. The molecule has 1 fully saturated rings. The van der Waals surface area contributed by atoms with Crippen LogP contribution in [0.15, 0.2) is 60.7 Å². The molecule has 1 aliphatic carbocycles. The van der Waals surface area contributed by atoms with Crippen LogP contribution in [0.4, 0.5) is 15.8 Å². The van der Waals surface area contributed by atoms with Crippen LogP contribution in [0.25, 0.3) is 0 Å². The minimum absolute atomic E-state index is 0.121. The lowest BCUT2D eigenvalue weighted by Crippen LogP contribution is -2.18. The highest BCUT2D eigenvalue weighted by Crippen LogP contribution is 2.65. The Hall–Kier alpha value is -2.02. The number of benzene rings is 3. The second-order valence-electron chi connectivity index (χ2n) is 7.48. The summed E-state index contributed by atoms with van der Waals surface area (Å²) in [6.07, 6.45) is 0. The molecule has 3 aromatic rings. The summed E-state index contributed by atoms with van der Waals surface area (Å²) in [7, 11) is 0. The molecular formula is C23H14Cl5FN2O2. The SMILES string of the molecule is O=C(Nc1ccc(F)cc1)c1cc(NC(=O)[C@@H]2[C@@H](c3cc(Cl)cc(Cl)c3)C2(Cl)Cl)ccc1Cl. The molecule has 0 aromatic heterocycles. The zero-order valence-electron chi connectivity index (χ0n) is 16.5. The smallest absolute Gasteiger partial charge is 0.257 e. The minimum Gasteiger partial charge on any atom is -0.326 e. The first-order chi connectivity index (χ1) is 15.6. The third kappa shape index (κ3) is 5.23. The van der Waals surface area contributed by atoms with E-state index in [1.807, 2.05) is 0 Å². The molecule has 1 saturated carbocycles. The molecule has 0 spiro atoms. The number of hydrogen-bond donors (Lipinski definition) is 2. The molecule has 2 atom stereocenters. The zero-order chi connectivity index (χ0) is 23.9. The molecule has 0 bridgehead atoms. The lowest BCUT2D eigenvalue weighted by atomic mass is 10.1. The molecular weight excluding hydrogens is 533 g/mol. The summed E-state index contributed by atoms with van der Waals surface area (Å²) in [5, 5.41) is 6.33. The molecule has 0 unspecified atom stereocenters. The summed E-state index contributed by atoms with van der Waals surface area (Å²) >= 11 is 31.1. The van der Waals surface area contributed by atoms with E-state index in [4.69, 9.17) is 58.0 Å². The Morgan fingerprint density at radius 1 is 0.818 bits per heavy atom. The number of alkyl halides is 2. The first-order valence-corrected chi connectivity index (χ1v) is 11.5. The first-order valence-electron chi connectivity index (χ1n) is 9.57. The lowest BCUT2D eigenvalue weighted by molar-refractivity contribution is -0.117. The fourth-order valence-corrected chi connectivity index (χ4v) is 5.13. The Morgan fingerprint density at radius 2 is 1.42 bits per heavy atom. The van der Waals surface area contributed by atoms with Crippen molar-refractivity contribution in [1.82, 2.24) is 0 Å². The highest BCUT2D eigenvalue weighted by Gasteiger charge is 2.67. The topological polar surface area (TPSA) is 58.2 Å². The maximum absolute atomic E-state index is 13.1. The Labute approximate surface area is 213 Å². The van der Waals surface area contributed by atoms with Gasteiger partial charge < -0.3 is 10.6 Å². The number of carbonyl (C=O) groups is 2. The van der Waals surface area contributed by atoms with Crippen molar-refractivity contribution in [2.45, 2.75) is 10.3 Å². The largest absolute Gasteiger partial charge is 0.326 e. The van der Waals surface area contributed by atoms with Crippen LogP contribution in [0, 0.1) is 11.7 Å². The summed E-state index contributed by atoms with van der Waals surface area (Å²) in [6, 6.07) is 14.6. The van der Waals surface area contributed by atoms with Crippen molar-refractivity contribution in [3.05, 3.63) is 92.7 Å². The Kier molecular flexibility index (Phi) is 6.81. The van der Waals surface area contributed by atoms with Gasteiger partial charge in [0.1, 0.15) is 10.2 Å². The standard InChI is InChI=1S/C23H14Cl5FN2O2/c24-12-7-11(8-13(25)9-12)19-20(23(19,27)28)22(33)31-16-5-6-18(26)17(10-16)21(32)30-15-3-1-14(29)2-4-15/h1-10,19-20H,(H,30,32)(H,31,33)/t19-,20+/m1/s1. The maximum Gasteiger partial charge on any atom is 0.257 e. The van der Waals surface area contributed by atoms with Gasteiger partial charge in [0.05, 0.1) is 16.5 Å². The van der Waals surface area contributed by atoms with Crippen LogP contribution in [-0.4, -0.2) is 16.1 Å². The number of halogens is 6.